The monoisotopic (exact) mass is 978 g/mol. The number of aromatic nitrogens is 2. The Labute approximate surface area is 399 Å². The molecule has 4 aromatic rings. The molecule has 2 saturated heterocycles. The number of nitrogens with one attached hydrogen (secondary N) is 4. The first-order valence-electron chi connectivity index (χ1n) is 23.6. The maximum atomic E-state index is 15.0. The number of phenols is 1. The number of amides is 4. The van der Waals surface area contributed by atoms with E-state index in [-0.39, 0.29) is 53.8 Å². The average molecular weight is 979 g/mol. The molecule has 6 N–H and O–H groups in total. The lowest BCUT2D eigenvalue weighted by atomic mass is 9.84. The number of likely N-dealkylation sites (N-methyl/N-ethyl adjacent to an activating group) is 1. The molecule has 67 heavy (non-hydrogen) atoms. The number of aliphatic carboxylic acids is 1. The van der Waals surface area contributed by atoms with Gasteiger partial charge in [-0.05, 0) is 81.4 Å². The summed E-state index contributed by atoms with van der Waals surface area (Å²) in [5, 5.41) is 38.0. The molecular formula is C47H62N8O9S3. The maximum Gasteiger partial charge on any atom is 0.329 e. The summed E-state index contributed by atoms with van der Waals surface area (Å²) in [5.74, 6) is -2.03. The van der Waals surface area contributed by atoms with Crippen molar-refractivity contribution in [1.29, 1.82) is 0 Å². The molecule has 0 radical (unpaired) electrons. The van der Waals surface area contributed by atoms with Gasteiger partial charge in [-0.15, -0.1) is 22.7 Å². The summed E-state index contributed by atoms with van der Waals surface area (Å²) >= 11 is 2.56. The van der Waals surface area contributed by atoms with E-state index in [1.165, 1.54) is 39.7 Å². The third-order valence-corrected chi connectivity index (χ3v) is 17.7. The zero-order valence-corrected chi connectivity index (χ0v) is 40.7. The molecule has 17 nitrogen and oxygen atoms in total. The zero-order valence-electron chi connectivity index (χ0n) is 38.2. The van der Waals surface area contributed by atoms with E-state index in [0.717, 1.165) is 69.1 Å². The quantitative estimate of drug-likeness (QED) is 0.0801. The number of thiazole rings is 1. The molecule has 4 amide bonds. The van der Waals surface area contributed by atoms with E-state index in [1.54, 1.807) is 29.6 Å². The van der Waals surface area contributed by atoms with Gasteiger partial charge in [-0.1, -0.05) is 57.4 Å². The fourth-order valence-electron chi connectivity index (χ4n) is 10.0. The minimum absolute atomic E-state index is 0.00591. The number of hydrogen-bond acceptors (Lipinski definition) is 13. The smallest absolute Gasteiger partial charge is 0.329 e. The fraction of sp³-hybridized carbons (Fsp3) is 0.574. The molecule has 0 bridgehead atoms. The molecule has 4 fully saturated rings. The number of aromatic hydroxyl groups is 1. The Morgan fingerprint density at radius 1 is 0.985 bits per heavy atom. The minimum Gasteiger partial charge on any atom is -0.508 e. The molecule has 2 aliphatic heterocycles. The average Bonchev–Trinajstić information content (AvgIpc) is 3.76. The highest BCUT2D eigenvalue weighted by molar-refractivity contribution is 7.91. The van der Waals surface area contributed by atoms with Crippen LogP contribution in [0.25, 0.3) is 22.3 Å². The van der Waals surface area contributed by atoms with Crippen LogP contribution in [0, 0.1) is 11.8 Å². The van der Waals surface area contributed by atoms with Gasteiger partial charge in [0.15, 0.2) is 5.13 Å². The van der Waals surface area contributed by atoms with Crippen molar-refractivity contribution in [3.63, 3.8) is 0 Å². The molecule has 0 spiro atoms. The summed E-state index contributed by atoms with van der Waals surface area (Å²) < 4.78 is 35.3. The largest absolute Gasteiger partial charge is 0.508 e. The van der Waals surface area contributed by atoms with E-state index in [1.807, 2.05) is 19.2 Å². The number of carbonyl (C=O) groups is 4. The molecule has 2 saturated carbocycles. The number of sulfonamides is 1. The first-order valence-corrected chi connectivity index (χ1v) is 26.8. The van der Waals surface area contributed by atoms with Crippen LogP contribution in [0.5, 0.6) is 11.5 Å². The standard InChI is InChI=1S/C47H62N8O9S3/c1-28(2)48-46-52-38(27-66-46)36-23-40(33-19-18-31(56)21-35(33)49-36)64-32-22-39-42(57)53-47(44(59)60)24-30(47)15-10-5-4-6-11-16-34(43(58)55(39)25-32)50-45(61)51-37(29-13-8-7-9-14-29)26-54(3)67(62,63)41-17-12-20-65-41/h12,17-21,23,27-30,32,34,37,39,56H,4-11,13-16,22,24-26H2,1-3H3,(H,48,52)(H,53,57)(H,59,60)(H2,50,51,61)/t30?,32-,34+,37?,39+,47-/m1/s1. The summed E-state index contributed by atoms with van der Waals surface area (Å²) in [5.41, 5.74) is 0.0860. The summed E-state index contributed by atoms with van der Waals surface area (Å²) in [7, 11) is -2.29. The molecule has 6 atom stereocenters. The molecule has 1 aromatic carbocycles. The number of carboxylic acids is 1. The Bertz CT molecular complexity index is 2530. The number of rotatable bonds is 13. The van der Waals surface area contributed by atoms with Crippen LogP contribution in [0.4, 0.5) is 9.93 Å². The third kappa shape index (κ3) is 11.1. The van der Waals surface area contributed by atoms with Gasteiger partial charge < -0.3 is 41.1 Å². The summed E-state index contributed by atoms with van der Waals surface area (Å²) in [6, 6.07) is 6.56. The highest BCUT2D eigenvalue weighted by Gasteiger charge is 2.62. The number of pyridine rings is 1. The summed E-state index contributed by atoms with van der Waals surface area (Å²) in [4.78, 5) is 67.4. The number of hydrogen-bond donors (Lipinski definition) is 6. The number of phenolic OH excluding ortho intramolecular Hbond substituents is 1. The number of ether oxygens (including phenoxy) is 1. The number of nitrogens with zero attached hydrogens (tertiary/aromatic N) is 4. The van der Waals surface area contributed by atoms with Crippen LogP contribution < -0.4 is 26.0 Å². The number of benzene rings is 1. The highest BCUT2D eigenvalue weighted by atomic mass is 32.2. The molecule has 8 rings (SSSR count). The molecule has 3 aromatic heterocycles. The van der Waals surface area contributed by atoms with Crippen molar-refractivity contribution in [3.8, 4) is 22.9 Å². The van der Waals surface area contributed by atoms with E-state index in [4.69, 9.17) is 14.7 Å². The third-order valence-electron chi connectivity index (χ3n) is 13.7. The Balaban J connectivity index is 1.07. The van der Waals surface area contributed by atoms with Crippen molar-refractivity contribution in [2.45, 2.75) is 144 Å². The van der Waals surface area contributed by atoms with Gasteiger partial charge in [0, 0.05) is 55.0 Å². The van der Waals surface area contributed by atoms with Crippen LogP contribution >= 0.6 is 22.7 Å². The van der Waals surface area contributed by atoms with E-state index >= 15 is 4.79 Å². The molecule has 5 heterocycles. The van der Waals surface area contributed by atoms with Crippen LogP contribution in [0.1, 0.15) is 104 Å². The number of carboxylic acid groups (broad SMARTS) is 1. The van der Waals surface area contributed by atoms with Crippen molar-refractivity contribution >= 4 is 72.5 Å². The Morgan fingerprint density at radius 2 is 1.72 bits per heavy atom. The molecule has 4 aliphatic rings. The van der Waals surface area contributed by atoms with Crippen molar-refractivity contribution in [3.05, 3.63) is 47.2 Å². The van der Waals surface area contributed by atoms with E-state index in [2.05, 4.69) is 21.3 Å². The van der Waals surface area contributed by atoms with E-state index < -0.39 is 63.6 Å². The maximum absolute atomic E-state index is 15.0. The number of urea groups is 1. The van der Waals surface area contributed by atoms with Gasteiger partial charge >= 0.3 is 12.0 Å². The van der Waals surface area contributed by atoms with Crippen LogP contribution in [0.15, 0.2) is 51.4 Å². The number of carbonyl (C=O) groups excluding carboxylic acids is 3. The summed E-state index contributed by atoms with van der Waals surface area (Å²) in [6.07, 6.45) is 9.07. The molecular weight excluding hydrogens is 917 g/mol. The van der Waals surface area contributed by atoms with E-state index in [0.29, 0.717) is 52.4 Å². The number of fused-ring (bicyclic) bond motifs is 3. The molecule has 20 heteroatoms. The Hall–Kier alpha value is -5.05. The van der Waals surface area contributed by atoms with Gasteiger partial charge in [0.2, 0.25) is 11.8 Å². The Morgan fingerprint density at radius 3 is 2.45 bits per heavy atom. The summed E-state index contributed by atoms with van der Waals surface area (Å²) in [6.45, 7) is 4.02. The van der Waals surface area contributed by atoms with Gasteiger partial charge in [0.25, 0.3) is 10.0 Å². The normalized spacial score (nSPS) is 24.8. The van der Waals surface area contributed by atoms with Gasteiger partial charge in [0.05, 0.1) is 17.8 Å². The molecule has 2 unspecified atom stereocenters. The van der Waals surface area contributed by atoms with Crippen molar-refractivity contribution in [1.82, 2.24) is 35.1 Å². The lowest BCUT2D eigenvalue weighted by molar-refractivity contribution is -0.145. The van der Waals surface area contributed by atoms with Crippen LogP contribution in [-0.4, -0.2) is 118 Å². The second-order valence-corrected chi connectivity index (χ2v) is 23.0. The van der Waals surface area contributed by atoms with Crippen LogP contribution in [-0.2, 0) is 24.4 Å². The topological polar surface area (TPSA) is 232 Å². The molecule has 2 aliphatic carbocycles. The van der Waals surface area contributed by atoms with Crippen molar-refractivity contribution in [2.24, 2.45) is 11.8 Å². The number of anilines is 1. The predicted molar refractivity (Wildman–Crippen MR) is 257 cm³/mol. The minimum atomic E-state index is -3.81. The SMILES string of the molecule is CC(C)Nc1nc(-c2cc(O[C@@H]3C[C@H]4C(=O)N[C@]5(C(=O)O)CC5CCCCCCC[C@H](NC(=O)NC(CN(C)S(=O)(=O)c5cccs5)C5CCCCC5)C(=O)N4C3)c3ccc(O)cc3n2)cs1. The van der Waals surface area contributed by atoms with Crippen molar-refractivity contribution < 1.29 is 42.5 Å². The second-order valence-electron chi connectivity index (χ2n) is 18.9. The van der Waals surface area contributed by atoms with Gasteiger partial charge in [-0.2, -0.15) is 4.31 Å². The zero-order chi connectivity index (χ0) is 47.5. The van der Waals surface area contributed by atoms with E-state index in [9.17, 15) is 33.0 Å². The second kappa shape index (κ2) is 20.7. The fourth-order valence-corrected chi connectivity index (χ4v) is 13.3. The lowest BCUT2D eigenvalue weighted by Gasteiger charge is -2.34. The molecule has 362 valence electrons. The number of thiophene rings is 1. The lowest BCUT2D eigenvalue weighted by Crippen LogP contribution is -2.58. The van der Waals surface area contributed by atoms with Gasteiger partial charge in [0.1, 0.15) is 45.1 Å². The first-order chi connectivity index (χ1) is 32.1. The van der Waals surface area contributed by atoms with Crippen LogP contribution in [0.3, 0.4) is 0 Å². The van der Waals surface area contributed by atoms with Crippen molar-refractivity contribution in [2.75, 3.05) is 25.5 Å². The van der Waals surface area contributed by atoms with Gasteiger partial charge in [-0.3, -0.25) is 9.59 Å². The predicted octanol–water partition coefficient (Wildman–Crippen LogP) is 6.94. The van der Waals surface area contributed by atoms with Gasteiger partial charge in [-0.25, -0.2) is 28.0 Å². The Kier molecular flexibility index (Phi) is 14.9. The van der Waals surface area contributed by atoms with Crippen LogP contribution in [0.2, 0.25) is 0 Å². The first kappa shape index (κ1) is 48.4. The highest BCUT2D eigenvalue weighted by Crippen LogP contribution is 2.48.